The van der Waals surface area contributed by atoms with Gasteiger partial charge in [0.2, 0.25) is 0 Å². The lowest BCUT2D eigenvalue weighted by Crippen LogP contribution is -2.21. The highest BCUT2D eigenvalue weighted by molar-refractivity contribution is 6.40. The average Bonchev–Trinajstić information content (AvgIpc) is 2.34. The van der Waals surface area contributed by atoms with Crippen LogP contribution >= 0.6 is 34.8 Å². The minimum absolute atomic E-state index is 0.00595. The Morgan fingerprint density at radius 1 is 1.28 bits per heavy atom. The smallest absolute Gasteiger partial charge is 0.273 e. The van der Waals surface area contributed by atoms with E-state index in [1.807, 2.05) is 0 Å². The van der Waals surface area contributed by atoms with Crippen molar-refractivity contribution in [2.24, 2.45) is 0 Å². The first-order valence-corrected chi connectivity index (χ1v) is 5.97. The Morgan fingerprint density at radius 2 is 2.00 bits per heavy atom. The second kappa shape index (κ2) is 5.26. The molecule has 0 fully saturated rings. The first kappa shape index (κ1) is 13.3. The molecule has 2 rings (SSSR count). The number of benzene rings is 1. The minimum Gasteiger partial charge on any atom is -0.293 e. The molecule has 0 aliphatic carbocycles. The van der Waals surface area contributed by atoms with Crippen LogP contribution in [0, 0.1) is 5.82 Å². The van der Waals surface area contributed by atoms with Crippen molar-refractivity contribution in [1.29, 1.82) is 0 Å². The van der Waals surface area contributed by atoms with Gasteiger partial charge < -0.3 is 0 Å². The normalized spacial score (nSPS) is 10.7. The third-order valence-corrected chi connectivity index (χ3v) is 3.29. The topological polar surface area (TPSA) is 34.9 Å². The van der Waals surface area contributed by atoms with E-state index in [0.717, 1.165) is 0 Å². The van der Waals surface area contributed by atoms with Crippen molar-refractivity contribution in [3.63, 3.8) is 0 Å². The van der Waals surface area contributed by atoms with E-state index < -0.39 is 11.4 Å². The van der Waals surface area contributed by atoms with Gasteiger partial charge in [-0.25, -0.2) is 9.37 Å². The van der Waals surface area contributed by atoms with Gasteiger partial charge in [0.1, 0.15) is 10.8 Å². The Balaban J connectivity index is 2.37. The lowest BCUT2D eigenvalue weighted by molar-refractivity contribution is 0.626. The van der Waals surface area contributed by atoms with Crippen molar-refractivity contribution >= 4 is 34.8 Å². The average molecular weight is 308 g/mol. The van der Waals surface area contributed by atoms with Crippen LogP contribution in [-0.2, 0) is 6.54 Å². The summed E-state index contributed by atoms with van der Waals surface area (Å²) in [7, 11) is 0. The van der Waals surface area contributed by atoms with Crippen LogP contribution in [0.4, 0.5) is 4.39 Å². The van der Waals surface area contributed by atoms with Gasteiger partial charge in [-0.3, -0.25) is 9.36 Å². The number of halogens is 4. The summed E-state index contributed by atoms with van der Waals surface area (Å²) in [5.41, 5.74) is 0.195. The number of nitrogens with zero attached hydrogens (tertiary/aromatic N) is 2. The Hall–Kier alpha value is -1.10. The van der Waals surface area contributed by atoms with Crippen LogP contribution < -0.4 is 5.56 Å². The fourth-order valence-electron chi connectivity index (χ4n) is 1.39. The van der Waals surface area contributed by atoms with Crippen LogP contribution in [-0.4, -0.2) is 9.55 Å². The highest BCUT2D eigenvalue weighted by Crippen LogP contribution is 2.17. The molecule has 0 saturated carbocycles. The van der Waals surface area contributed by atoms with E-state index in [9.17, 15) is 9.18 Å². The van der Waals surface area contributed by atoms with E-state index in [1.165, 1.54) is 29.1 Å². The highest BCUT2D eigenvalue weighted by atomic mass is 35.5. The molecule has 0 N–H and O–H groups in total. The second-order valence-corrected chi connectivity index (χ2v) is 4.67. The fourth-order valence-corrected chi connectivity index (χ4v) is 1.88. The summed E-state index contributed by atoms with van der Waals surface area (Å²) in [6, 6.07) is 4.19. The molecule has 0 radical (unpaired) electrons. The SMILES string of the molecule is O=c1c(Cl)c(Cl)ncn1Cc1ccc(F)c(Cl)c1. The van der Waals surface area contributed by atoms with Crippen LogP contribution in [0.15, 0.2) is 29.3 Å². The van der Waals surface area contributed by atoms with Crippen LogP contribution in [0.25, 0.3) is 0 Å². The summed E-state index contributed by atoms with van der Waals surface area (Å²) in [5.74, 6) is -0.514. The quantitative estimate of drug-likeness (QED) is 0.797. The van der Waals surface area contributed by atoms with E-state index in [2.05, 4.69) is 4.98 Å². The molecule has 2 aromatic rings. The minimum atomic E-state index is -0.514. The van der Waals surface area contributed by atoms with Crippen LogP contribution in [0.2, 0.25) is 15.2 Å². The van der Waals surface area contributed by atoms with Gasteiger partial charge in [-0.2, -0.15) is 0 Å². The molecule has 3 nitrogen and oxygen atoms in total. The molecule has 18 heavy (non-hydrogen) atoms. The molecule has 0 aliphatic rings. The summed E-state index contributed by atoms with van der Waals surface area (Å²) in [6.07, 6.45) is 1.27. The zero-order chi connectivity index (χ0) is 13.3. The maximum absolute atomic E-state index is 13.0. The molecule has 1 aromatic carbocycles. The van der Waals surface area contributed by atoms with Crippen LogP contribution in [0.1, 0.15) is 5.56 Å². The summed E-state index contributed by atoms with van der Waals surface area (Å²) in [6.45, 7) is 0.183. The number of hydrogen-bond donors (Lipinski definition) is 0. The van der Waals surface area contributed by atoms with Crippen LogP contribution in [0.5, 0.6) is 0 Å². The fraction of sp³-hybridized carbons (Fsp3) is 0.0909. The van der Waals surface area contributed by atoms with Crippen molar-refractivity contribution in [3.05, 3.63) is 61.5 Å². The zero-order valence-corrected chi connectivity index (χ0v) is 11.1. The molecule has 7 heteroatoms. The van der Waals surface area contributed by atoms with E-state index in [-0.39, 0.29) is 21.7 Å². The van der Waals surface area contributed by atoms with Gasteiger partial charge in [0, 0.05) is 0 Å². The van der Waals surface area contributed by atoms with Gasteiger partial charge in [-0.05, 0) is 17.7 Å². The number of hydrogen-bond acceptors (Lipinski definition) is 2. The number of aromatic nitrogens is 2. The lowest BCUT2D eigenvalue weighted by atomic mass is 10.2. The second-order valence-electron chi connectivity index (χ2n) is 3.53. The molecule has 0 unspecified atom stereocenters. The van der Waals surface area contributed by atoms with Crippen LogP contribution in [0.3, 0.4) is 0 Å². The molecule has 94 valence electrons. The van der Waals surface area contributed by atoms with E-state index in [0.29, 0.717) is 5.56 Å². The van der Waals surface area contributed by atoms with E-state index in [4.69, 9.17) is 34.8 Å². The van der Waals surface area contributed by atoms with E-state index >= 15 is 0 Å². The molecular formula is C11H6Cl3FN2O. The third kappa shape index (κ3) is 2.66. The lowest BCUT2D eigenvalue weighted by Gasteiger charge is -2.07. The highest BCUT2D eigenvalue weighted by Gasteiger charge is 2.08. The van der Waals surface area contributed by atoms with Crippen molar-refractivity contribution in [2.45, 2.75) is 6.54 Å². The van der Waals surface area contributed by atoms with Gasteiger partial charge in [0.15, 0.2) is 5.15 Å². The number of rotatable bonds is 2. The Morgan fingerprint density at radius 3 is 2.67 bits per heavy atom. The molecule has 1 aromatic heterocycles. The third-order valence-electron chi connectivity index (χ3n) is 2.28. The first-order chi connectivity index (χ1) is 8.49. The summed E-state index contributed by atoms with van der Waals surface area (Å²) in [4.78, 5) is 15.5. The molecule has 0 saturated heterocycles. The van der Waals surface area contributed by atoms with Crippen molar-refractivity contribution in [2.75, 3.05) is 0 Å². The van der Waals surface area contributed by atoms with Crippen molar-refractivity contribution < 1.29 is 4.39 Å². The Bertz CT molecular complexity index is 657. The summed E-state index contributed by atoms with van der Waals surface area (Å²) in [5, 5.41) is -0.198. The molecule has 0 spiro atoms. The predicted molar refractivity (Wildman–Crippen MR) is 69.0 cm³/mol. The maximum Gasteiger partial charge on any atom is 0.273 e. The molecule has 1 heterocycles. The molecule has 0 aliphatic heterocycles. The van der Waals surface area contributed by atoms with E-state index in [1.54, 1.807) is 0 Å². The maximum atomic E-state index is 13.0. The van der Waals surface area contributed by atoms with Gasteiger partial charge in [-0.15, -0.1) is 0 Å². The zero-order valence-electron chi connectivity index (χ0n) is 8.83. The Labute approximate surface area is 117 Å². The van der Waals surface area contributed by atoms with Gasteiger partial charge in [0.25, 0.3) is 5.56 Å². The Kier molecular flexibility index (Phi) is 3.90. The van der Waals surface area contributed by atoms with Gasteiger partial charge >= 0.3 is 0 Å². The predicted octanol–water partition coefficient (Wildman–Crippen LogP) is 3.39. The molecule has 0 bridgehead atoms. The molecule has 0 amide bonds. The van der Waals surface area contributed by atoms with Crippen molar-refractivity contribution in [1.82, 2.24) is 9.55 Å². The largest absolute Gasteiger partial charge is 0.293 e. The van der Waals surface area contributed by atoms with Crippen molar-refractivity contribution in [3.8, 4) is 0 Å². The summed E-state index contributed by atoms with van der Waals surface area (Å²) < 4.78 is 14.2. The molecule has 0 atom stereocenters. The van der Waals surface area contributed by atoms with Gasteiger partial charge in [-0.1, -0.05) is 40.9 Å². The monoisotopic (exact) mass is 306 g/mol. The van der Waals surface area contributed by atoms with Gasteiger partial charge in [0.05, 0.1) is 17.9 Å². The standard InChI is InChI=1S/C11H6Cl3FN2O/c12-7-3-6(1-2-8(7)15)4-17-5-16-10(14)9(13)11(17)18/h1-3,5H,4H2. The summed E-state index contributed by atoms with van der Waals surface area (Å²) >= 11 is 17.0. The first-order valence-electron chi connectivity index (χ1n) is 4.83. The molecular weight excluding hydrogens is 301 g/mol.